The second-order valence-electron chi connectivity index (χ2n) is 2.88. The van der Waals surface area contributed by atoms with Crippen LogP contribution in [0.15, 0.2) is 29.8 Å². The summed E-state index contributed by atoms with van der Waals surface area (Å²) in [7, 11) is 1.54. The van der Waals surface area contributed by atoms with Crippen molar-refractivity contribution in [1.29, 1.82) is 0 Å². The van der Waals surface area contributed by atoms with Gasteiger partial charge in [-0.15, -0.1) is 0 Å². The van der Waals surface area contributed by atoms with E-state index in [4.69, 9.17) is 27.9 Å². The van der Waals surface area contributed by atoms with Crippen LogP contribution in [0.25, 0.3) is 6.08 Å². The van der Waals surface area contributed by atoms with Gasteiger partial charge < -0.3 is 4.74 Å². The molecule has 84 valence electrons. The van der Waals surface area contributed by atoms with Gasteiger partial charge in [-0.3, -0.25) is 9.59 Å². The van der Waals surface area contributed by atoms with E-state index in [1.165, 1.54) is 6.08 Å². The van der Waals surface area contributed by atoms with E-state index in [1.807, 2.05) is 0 Å². The minimum Gasteiger partial charge on any atom is -0.497 e. The Morgan fingerprint density at radius 3 is 2.00 bits per heavy atom. The monoisotopic (exact) mass is 258 g/mol. The van der Waals surface area contributed by atoms with Crippen molar-refractivity contribution < 1.29 is 14.3 Å². The number of hydrogen-bond acceptors (Lipinski definition) is 3. The highest BCUT2D eigenvalue weighted by Crippen LogP contribution is 2.16. The molecule has 0 fully saturated rings. The first-order valence-electron chi connectivity index (χ1n) is 4.30. The third-order valence-corrected chi connectivity index (χ3v) is 2.26. The molecule has 0 heterocycles. The minimum absolute atomic E-state index is 0.256. The molecule has 1 aromatic carbocycles. The Bertz CT molecular complexity index is 419. The predicted molar refractivity (Wildman–Crippen MR) is 62.7 cm³/mol. The standard InChI is InChI=1S/C11H8Cl2O3/c1-16-8-4-2-7(3-5-8)6-9(10(12)14)11(13)15/h2-6H,1H3. The van der Waals surface area contributed by atoms with Crippen molar-refractivity contribution >= 4 is 39.8 Å². The van der Waals surface area contributed by atoms with Crippen molar-refractivity contribution in [3.63, 3.8) is 0 Å². The van der Waals surface area contributed by atoms with Gasteiger partial charge in [-0.25, -0.2) is 0 Å². The minimum atomic E-state index is -0.879. The maximum Gasteiger partial charge on any atom is 0.257 e. The zero-order chi connectivity index (χ0) is 12.1. The van der Waals surface area contributed by atoms with E-state index in [-0.39, 0.29) is 5.57 Å². The molecular formula is C11H8Cl2O3. The van der Waals surface area contributed by atoms with E-state index in [0.717, 1.165) is 0 Å². The molecule has 5 heteroatoms. The number of rotatable bonds is 4. The molecule has 0 spiro atoms. The molecule has 1 rings (SSSR count). The van der Waals surface area contributed by atoms with Gasteiger partial charge in [-0.1, -0.05) is 12.1 Å². The van der Waals surface area contributed by atoms with Crippen molar-refractivity contribution in [3.8, 4) is 5.75 Å². The first kappa shape index (κ1) is 12.7. The van der Waals surface area contributed by atoms with Gasteiger partial charge in [0.2, 0.25) is 0 Å². The summed E-state index contributed by atoms with van der Waals surface area (Å²) in [6.07, 6.45) is 1.32. The van der Waals surface area contributed by atoms with Crippen molar-refractivity contribution in [1.82, 2.24) is 0 Å². The van der Waals surface area contributed by atoms with E-state index in [0.29, 0.717) is 11.3 Å². The Hall–Kier alpha value is -1.32. The fourth-order valence-corrected chi connectivity index (χ4v) is 1.39. The molecule has 0 aliphatic heterocycles. The number of methoxy groups -OCH3 is 1. The van der Waals surface area contributed by atoms with Crippen LogP contribution in [-0.4, -0.2) is 17.6 Å². The topological polar surface area (TPSA) is 43.4 Å². The summed E-state index contributed by atoms with van der Waals surface area (Å²) in [6.45, 7) is 0. The number of carbonyl (C=O) groups is 2. The van der Waals surface area contributed by atoms with Crippen LogP contribution in [0.5, 0.6) is 5.75 Å². The average molecular weight is 259 g/mol. The van der Waals surface area contributed by atoms with Crippen molar-refractivity contribution in [2.24, 2.45) is 0 Å². The molecule has 0 bridgehead atoms. The number of benzene rings is 1. The molecule has 0 saturated carbocycles. The molecule has 0 atom stereocenters. The highest BCUT2D eigenvalue weighted by molar-refractivity contribution is 6.80. The van der Waals surface area contributed by atoms with Gasteiger partial charge >= 0.3 is 0 Å². The highest BCUT2D eigenvalue weighted by Gasteiger charge is 2.13. The van der Waals surface area contributed by atoms with Crippen LogP contribution >= 0.6 is 23.2 Å². The van der Waals surface area contributed by atoms with Gasteiger partial charge in [0, 0.05) is 0 Å². The van der Waals surface area contributed by atoms with Gasteiger partial charge in [0.1, 0.15) is 5.75 Å². The molecular weight excluding hydrogens is 251 g/mol. The second-order valence-corrected chi connectivity index (χ2v) is 3.57. The normalized spacial score (nSPS) is 9.44. The van der Waals surface area contributed by atoms with Gasteiger partial charge in [0.25, 0.3) is 10.5 Å². The van der Waals surface area contributed by atoms with Crippen LogP contribution in [0.4, 0.5) is 0 Å². The Morgan fingerprint density at radius 1 is 1.12 bits per heavy atom. The molecule has 0 aliphatic rings. The predicted octanol–water partition coefficient (Wildman–Crippen LogP) is 2.61. The molecule has 0 aromatic heterocycles. The molecule has 1 aromatic rings. The summed E-state index contributed by atoms with van der Waals surface area (Å²) in [4.78, 5) is 21.8. The Balaban J connectivity index is 3.04. The molecule has 3 nitrogen and oxygen atoms in total. The number of halogens is 2. The van der Waals surface area contributed by atoms with Crippen LogP contribution in [-0.2, 0) is 9.59 Å². The van der Waals surface area contributed by atoms with Gasteiger partial charge in [-0.05, 0) is 47.0 Å². The van der Waals surface area contributed by atoms with Crippen LogP contribution in [0.1, 0.15) is 5.56 Å². The molecule has 0 saturated heterocycles. The maximum absolute atomic E-state index is 10.9. The van der Waals surface area contributed by atoms with Gasteiger partial charge in [-0.2, -0.15) is 0 Å². The summed E-state index contributed by atoms with van der Waals surface area (Å²) in [5.74, 6) is 0.674. The zero-order valence-electron chi connectivity index (χ0n) is 8.37. The summed E-state index contributed by atoms with van der Waals surface area (Å²) < 4.78 is 4.96. The first-order chi connectivity index (χ1) is 7.54. The Morgan fingerprint density at radius 2 is 1.62 bits per heavy atom. The average Bonchev–Trinajstić information content (AvgIpc) is 2.25. The van der Waals surface area contributed by atoms with Crippen LogP contribution in [0.3, 0.4) is 0 Å². The quantitative estimate of drug-likeness (QED) is 0.361. The molecule has 0 unspecified atom stereocenters. The lowest BCUT2D eigenvalue weighted by atomic mass is 10.1. The molecule has 0 radical (unpaired) electrons. The number of ether oxygens (including phenoxy) is 1. The Kier molecular flexibility index (Phi) is 4.52. The number of carbonyl (C=O) groups excluding carboxylic acids is 2. The molecule has 16 heavy (non-hydrogen) atoms. The van der Waals surface area contributed by atoms with Gasteiger partial charge in [0.15, 0.2) is 0 Å². The van der Waals surface area contributed by atoms with Crippen LogP contribution in [0, 0.1) is 0 Å². The zero-order valence-corrected chi connectivity index (χ0v) is 9.88. The Labute approximate surface area is 103 Å². The van der Waals surface area contributed by atoms with E-state index < -0.39 is 10.5 Å². The smallest absolute Gasteiger partial charge is 0.257 e. The van der Waals surface area contributed by atoms with Crippen LogP contribution in [0.2, 0.25) is 0 Å². The summed E-state index contributed by atoms with van der Waals surface area (Å²) in [5.41, 5.74) is 0.382. The summed E-state index contributed by atoms with van der Waals surface area (Å²) in [5, 5.41) is -1.76. The SMILES string of the molecule is COc1ccc(C=C(C(=O)Cl)C(=O)Cl)cc1. The summed E-state index contributed by atoms with van der Waals surface area (Å²) in [6, 6.07) is 6.75. The third-order valence-electron chi connectivity index (χ3n) is 1.85. The summed E-state index contributed by atoms with van der Waals surface area (Å²) >= 11 is 10.4. The molecule has 0 N–H and O–H groups in total. The lowest BCUT2D eigenvalue weighted by Crippen LogP contribution is -2.01. The fourth-order valence-electron chi connectivity index (χ4n) is 1.06. The van der Waals surface area contributed by atoms with E-state index in [2.05, 4.69) is 0 Å². The third kappa shape index (κ3) is 3.36. The van der Waals surface area contributed by atoms with Crippen molar-refractivity contribution in [2.75, 3.05) is 7.11 Å². The first-order valence-corrected chi connectivity index (χ1v) is 5.05. The van der Waals surface area contributed by atoms with Crippen molar-refractivity contribution in [2.45, 2.75) is 0 Å². The number of hydrogen-bond donors (Lipinski definition) is 0. The number of allylic oxidation sites excluding steroid dienone is 1. The fraction of sp³-hybridized carbons (Fsp3) is 0.0909. The van der Waals surface area contributed by atoms with E-state index in [9.17, 15) is 9.59 Å². The van der Waals surface area contributed by atoms with E-state index in [1.54, 1.807) is 31.4 Å². The molecule has 0 amide bonds. The van der Waals surface area contributed by atoms with Crippen molar-refractivity contribution in [3.05, 3.63) is 35.4 Å². The lowest BCUT2D eigenvalue weighted by molar-refractivity contribution is -0.113. The second kappa shape index (κ2) is 5.68. The van der Waals surface area contributed by atoms with E-state index >= 15 is 0 Å². The molecule has 0 aliphatic carbocycles. The highest BCUT2D eigenvalue weighted by atomic mass is 35.5. The lowest BCUT2D eigenvalue weighted by Gasteiger charge is -2.00. The van der Waals surface area contributed by atoms with Crippen LogP contribution < -0.4 is 4.74 Å². The maximum atomic E-state index is 10.9. The largest absolute Gasteiger partial charge is 0.497 e. The van der Waals surface area contributed by atoms with Gasteiger partial charge in [0.05, 0.1) is 12.7 Å².